The van der Waals surface area contributed by atoms with Crippen LogP contribution in [0.2, 0.25) is 0 Å². The van der Waals surface area contributed by atoms with Gasteiger partial charge in [-0.05, 0) is 36.9 Å². The fraction of sp³-hybridized carbons (Fsp3) is 0.556. The van der Waals surface area contributed by atoms with Crippen molar-refractivity contribution in [3.63, 3.8) is 0 Å². The molecule has 1 aliphatic carbocycles. The first kappa shape index (κ1) is 11.1. The normalized spacial score (nSPS) is 16.9. The highest BCUT2D eigenvalue weighted by Gasteiger charge is 2.20. The van der Waals surface area contributed by atoms with Gasteiger partial charge >= 0.3 is 0 Å². The van der Waals surface area contributed by atoms with E-state index in [4.69, 9.17) is 0 Å². The van der Waals surface area contributed by atoms with Crippen molar-refractivity contribution >= 4 is 21.4 Å². The summed E-state index contributed by atoms with van der Waals surface area (Å²) in [4.78, 5) is 0. The number of rotatable bonds is 5. The smallest absolute Gasteiger partial charge is 0.249 e. The van der Waals surface area contributed by atoms with E-state index < -0.39 is 10.0 Å². The molecule has 1 aromatic heterocycles. The molecule has 6 heteroatoms. The van der Waals surface area contributed by atoms with Crippen LogP contribution >= 0.6 is 11.3 Å². The fourth-order valence-electron chi connectivity index (χ4n) is 1.24. The monoisotopic (exact) mass is 246 g/mol. The summed E-state index contributed by atoms with van der Waals surface area (Å²) in [5.41, 5.74) is 1.04. The van der Waals surface area contributed by atoms with Crippen molar-refractivity contribution in [2.75, 3.05) is 7.05 Å². The van der Waals surface area contributed by atoms with Gasteiger partial charge in [0.1, 0.15) is 4.21 Å². The first-order valence-electron chi connectivity index (χ1n) is 4.86. The molecule has 0 saturated heterocycles. The molecule has 0 spiro atoms. The molecule has 0 aromatic carbocycles. The molecule has 1 aliphatic rings. The van der Waals surface area contributed by atoms with Crippen molar-refractivity contribution in [3.8, 4) is 0 Å². The van der Waals surface area contributed by atoms with Crippen molar-refractivity contribution in [2.24, 2.45) is 0 Å². The van der Waals surface area contributed by atoms with Crippen LogP contribution in [0, 0.1) is 0 Å². The van der Waals surface area contributed by atoms with Crippen molar-refractivity contribution in [2.45, 2.75) is 29.6 Å². The summed E-state index contributed by atoms with van der Waals surface area (Å²) in [5.74, 6) is 0. The van der Waals surface area contributed by atoms with E-state index in [1.165, 1.54) is 31.2 Å². The van der Waals surface area contributed by atoms with Gasteiger partial charge in [-0.25, -0.2) is 13.1 Å². The Labute approximate surface area is 93.8 Å². The van der Waals surface area contributed by atoms with Gasteiger partial charge in [-0.15, -0.1) is 11.3 Å². The molecular formula is C9H14N2O2S2. The second kappa shape index (κ2) is 4.21. The molecule has 0 unspecified atom stereocenters. The Morgan fingerprint density at radius 1 is 1.53 bits per heavy atom. The maximum absolute atomic E-state index is 11.4. The molecular weight excluding hydrogens is 232 g/mol. The second-order valence-electron chi connectivity index (χ2n) is 3.64. The molecule has 0 aliphatic heterocycles. The maximum atomic E-state index is 11.4. The molecule has 1 fully saturated rings. The highest BCUT2D eigenvalue weighted by atomic mass is 32.2. The number of hydrogen-bond donors (Lipinski definition) is 2. The van der Waals surface area contributed by atoms with Gasteiger partial charge in [0.15, 0.2) is 0 Å². The fourth-order valence-corrected chi connectivity index (χ4v) is 3.28. The van der Waals surface area contributed by atoms with Crippen molar-refractivity contribution in [3.05, 3.63) is 17.0 Å². The van der Waals surface area contributed by atoms with E-state index in [0.29, 0.717) is 10.3 Å². The third-order valence-corrected chi connectivity index (χ3v) is 5.24. The van der Waals surface area contributed by atoms with Crippen LogP contribution in [0.4, 0.5) is 0 Å². The lowest BCUT2D eigenvalue weighted by atomic mass is 10.3. The first-order valence-corrected chi connectivity index (χ1v) is 7.22. The summed E-state index contributed by atoms with van der Waals surface area (Å²) in [6.45, 7) is 0.764. The van der Waals surface area contributed by atoms with E-state index >= 15 is 0 Å². The Morgan fingerprint density at radius 2 is 2.27 bits per heavy atom. The molecule has 0 atom stereocenters. The third kappa shape index (κ3) is 2.78. The molecule has 0 radical (unpaired) electrons. The van der Waals surface area contributed by atoms with Gasteiger partial charge in [-0.2, -0.15) is 0 Å². The highest BCUT2D eigenvalue weighted by Crippen LogP contribution is 2.22. The van der Waals surface area contributed by atoms with Gasteiger partial charge in [0.2, 0.25) is 10.0 Å². The molecule has 2 N–H and O–H groups in total. The predicted molar refractivity (Wildman–Crippen MR) is 60.4 cm³/mol. The average Bonchev–Trinajstić information content (AvgIpc) is 2.92. The lowest BCUT2D eigenvalue weighted by Crippen LogP contribution is -2.17. The van der Waals surface area contributed by atoms with E-state index in [1.54, 1.807) is 6.07 Å². The minimum Gasteiger partial charge on any atom is -0.310 e. The summed E-state index contributed by atoms with van der Waals surface area (Å²) in [5, 5.41) is 5.24. The summed E-state index contributed by atoms with van der Waals surface area (Å²) < 4.78 is 25.6. The van der Waals surface area contributed by atoms with E-state index in [0.717, 1.165) is 12.1 Å². The minimum absolute atomic E-state index is 0.387. The lowest BCUT2D eigenvalue weighted by molar-refractivity contribution is 0.590. The van der Waals surface area contributed by atoms with E-state index in [9.17, 15) is 8.42 Å². The Bertz CT molecular complexity index is 435. The first-order chi connectivity index (χ1) is 7.12. The number of hydrogen-bond acceptors (Lipinski definition) is 4. The summed E-state index contributed by atoms with van der Waals surface area (Å²) in [6, 6.07) is 2.38. The van der Waals surface area contributed by atoms with Gasteiger partial charge in [-0.3, -0.25) is 0 Å². The molecule has 0 amide bonds. The van der Waals surface area contributed by atoms with Crippen LogP contribution in [-0.2, 0) is 16.6 Å². The van der Waals surface area contributed by atoms with Crippen molar-refractivity contribution in [1.82, 2.24) is 10.0 Å². The Kier molecular flexibility index (Phi) is 3.11. The maximum Gasteiger partial charge on any atom is 0.249 e. The van der Waals surface area contributed by atoms with Crippen LogP contribution in [0.3, 0.4) is 0 Å². The summed E-state index contributed by atoms with van der Waals surface area (Å²) in [6.07, 6.45) is 2.48. The van der Waals surface area contributed by atoms with Crippen LogP contribution in [0.25, 0.3) is 0 Å². The SMILES string of the molecule is CNS(=O)(=O)c1cc(CNC2CC2)cs1. The topological polar surface area (TPSA) is 58.2 Å². The standard InChI is InChI=1S/C9H14N2O2S2/c1-10-15(12,13)9-4-7(6-14-9)5-11-8-2-3-8/h4,6,8,10-11H,2-3,5H2,1H3. The lowest BCUT2D eigenvalue weighted by Gasteiger charge is -1.98. The van der Waals surface area contributed by atoms with Crippen LogP contribution < -0.4 is 10.0 Å². The zero-order valence-corrected chi connectivity index (χ0v) is 10.1. The van der Waals surface area contributed by atoms with Crippen molar-refractivity contribution in [1.29, 1.82) is 0 Å². The average molecular weight is 246 g/mol. The minimum atomic E-state index is -3.26. The zero-order valence-electron chi connectivity index (χ0n) is 8.49. The molecule has 1 saturated carbocycles. The van der Waals surface area contributed by atoms with Crippen LogP contribution in [0.15, 0.2) is 15.7 Å². The second-order valence-corrected chi connectivity index (χ2v) is 6.66. The van der Waals surface area contributed by atoms with Crippen LogP contribution in [0.1, 0.15) is 18.4 Å². The quantitative estimate of drug-likeness (QED) is 0.812. The Hall–Kier alpha value is -0.430. The molecule has 0 bridgehead atoms. The molecule has 2 rings (SSSR count). The predicted octanol–water partition coefficient (Wildman–Crippen LogP) is 0.908. The number of thiophene rings is 1. The third-order valence-electron chi connectivity index (χ3n) is 2.34. The molecule has 1 aromatic rings. The summed E-state index contributed by atoms with van der Waals surface area (Å²) in [7, 11) is -1.83. The van der Waals surface area contributed by atoms with Gasteiger partial charge in [0.25, 0.3) is 0 Å². The van der Waals surface area contributed by atoms with Crippen molar-refractivity contribution < 1.29 is 8.42 Å². The molecule has 84 valence electrons. The van der Waals surface area contributed by atoms with E-state index in [-0.39, 0.29) is 0 Å². The largest absolute Gasteiger partial charge is 0.310 e. The number of sulfonamides is 1. The zero-order chi connectivity index (χ0) is 10.9. The Balaban J connectivity index is 2.02. The van der Waals surface area contributed by atoms with Crippen LogP contribution in [-0.4, -0.2) is 21.5 Å². The van der Waals surface area contributed by atoms with E-state index in [2.05, 4.69) is 10.0 Å². The summed E-state index contributed by atoms with van der Waals surface area (Å²) >= 11 is 1.26. The van der Waals surface area contributed by atoms with Gasteiger partial charge in [0, 0.05) is 12.6 Å². The molecule has 15 heavy (non-hydrogen) atoms. The molecule has 4 nitrogen and oxygen atoms in total. The Morgan fingerprint density at radius 3 is 2.87 bits per heavy atom. The highest BCUT2D eigenvalue weighted by molar-refractivity contribution is 7.91. The number of nitrogens with one attached hydrogen (secondary N) is 2. The molecule has 1 heterocycles. The van der Waals surface area contributed by atoms with Crippen LogP contribution in [0.5, 0.6) is 0 Å². The van der Waals surface area contributed by atoms with Gasteiger partial charge in [0.05, 0.1) is 0 Å². The van der Waals surface area contributed by atoms with Gasteiger partial charge < -0.3 is 5.32 Å². The van der Waals surface area contributed by atoms with Gasteiger partial charge in [-0.1, -0.05) is 0 Å². The van der Waals surface area contributed by atoms with E-state index in [1.807, 2.05) is 5.38 Å².